The maximum atomic E-state index is 13.5. The number of fused-ring (bicyclic) bond motifs is 1. The first-order chi connectivity index (χ1) is 30.4. The van der Waals surface area contributed by atoms with Gasteiger partial charge in [-0.05, 0) is 96.4 Å². The SMILES string of the molecule is CCc1cc(Nc2ncc(Br)c(Nc3ccc4nccnc4c3P(C)(C)=O)n2)c(OC)cc1N1CCC(N2CCN(C3CN(c4ccc(C5CCC(=O)NC5=O)cc4)C3)CC2)CC1. The number of amides is 2. The monoisotopic (exact) mass is 935 g/mol. The molecule has 4 aliphatic heterocycles. The van der Waals surface area contributed by atoms with E-state index in [1.807, 2.05) is 24.3 Å². The predicted octanol–water partition coefficient (Wildman–Crippen LogP) is 6.48. The van der Waals surface area contributed by atoms with Crippen molar-refractivity contribution >= 4 is 85.7 Å². The van der Waals surface area contributed by atoms with Crippen molar-refractivity contribution in [2.45, 2.75) is 57.0 Å². The van der Waals surface area contributed by atoms with Gasteiger partial charge in [0, 0.05) is 107 Å². The third kappa shape index (κ3) is 9.13. The fraction of sp³-hybridized carbons (Fsp3) is 0.435. The molecule has 1 atom stereocenters. The molecular weight excluding hydrogens is 881 g/mol. The van der Waals surface area contributed by atoms with E-state index in [0.717, 1.165) is 82.9 Å². The minimum atomic E-state index is -2.77. The smallest absolute Gasteiger partial charge is 0.234 e. The lowest BCUT2D eigenvalue weighted by Gasteiger charge is -2.50. The summed E-state index contributed by atoms with van der Waals surface area (Å²) in [5.41, 5.74) is 7.33. The molecule has 15 nitrogen and oxygen atoms in total. The summed E-state index contributed by atoms with van der Waals surface area (Å²) in [5.74, 6) is 1.02. The van der Waals surface area contributed by atoms with Gasteiger partial charge in [-0.1, -0.05) is 19.1 Å². The standard InChI is InChI=1S/C46H55BrN11O4P/c1-5-29-24-38(52-46-50-26-35(47)44(54-46)51-37-12-11-36-42(49-17-16-48-36)43(37)63(3,4)61)40(62-2)25-39(29)57-18-14-32(15-19-57)55-20-22-56(23-21-55)33-27-58(28-33)31-8-6-30(7-9-31)34-10-13-41(59)53-45(34)60/h6-9,11-12,16-17,24-26,32-34H,5,10,13-15,18-23,27-28H2,1-4H3,(H,53,59,60)(H2,50,51,52,54). The van der Waals surface area contributed by atoms with Crippen LogP contribution < -0.4 is 35.8 Å². The Kier molecular flexibility index (Phi) is 12.4. The molecule has 0 saturated carbocycles. The number of nitrogens with one attached hydrogen (secondary N) is 3. The van der Waals surface area contributed by atoms with Crippen molar-refractivity contribution in [1.29, 1.82) is 0 Å². The molecule has 6 heterocycles. The topological polar surface area (TPSA) is 161 Å². The number of rotatable bonds is 12. The van der Waals surface area contributed by atoms with Crippen LogP contribution in [0.5, 0.6) is 5.75 Å². The highest BCUT2D eigenvalue weighted by Crippen LogP contribution is 2.42. The minimum absolute atomic E-state index is 0.178. The number of aromatic nitrogens is 4. The van der Waals surface area contributed by atoms with Crippen LogP contribution in [0.15, 0.2) is 71.6 Å². The molecule has 5 aromatic rings. The van der Waals surface area contributed by atoms with Crippen LogP contribution in [0.3, 0.4) is 0 Å². The van der Waals surface area contributed by atoms with Gasteiger partial charge in [-0.2, -0.15) is 4.98 Å². The van der Waals surface area contributed by atoms with Gasteiger partial charge >= 0.3 is 0 Å². The zero-order chi connectivity index (χ0) is 43.8. The van der Waals surface area contributed by atoms with Crippen LogP contribution in [0.1, 0.15) is 49.7 Å². The molecule has 63 heavy (non-hydrogen) atoms. The number of nitrogens with zero attached hydrogens (tertiary/aromatic N) is 8. The number of piperazine rings is 1. The molecule has 4 saturated heterocycles. The van der Waals surface area contributed by atoms with Crippen molar-refractivity contribution in [2.24, 2.45) is 0 Å². The Hall–Kier alpha value is -5.15. The number of methoxy groups -OCH3 is 1. The number of hydrogen-bond acceptors (Lipinski definition) is 14. The van der Waals surface area contributed by atoms with E-state index in [2.05, 4.69) is 97.6 Å². The fourth-order valence-electron chi connectivity index (χ4n) is 9.65. The van der Waals surface area contributed by atoms with Gasteiger partial charge in [0.25, 0.3) is 0 Å². The summed E-state index contributed by atoms with van der Waals surface area (Å²) in [6.45, 7) is 14.1. The Balaban J connectivity index is 0.788. The predicted molar refractivity (Wildman–Crippen MR) is 253 cm³/mol. The molecule has 0 radical (unpaired) electrons. The second-order valence-electron chi connectivity index (χ2n) is 17.4. The lowest BCUT2D eigenvalue weighted by Crippen LogP contribution is -2.64. The highest BCUT2D eigenvalue weighted by Gasteiger charge is 2.36. The van der Waals surface area contributed by atoms with E-state index in [0.29, 0.717) is 68.9 Å². The molecule has 1 unspecified atom stereocenters. The molecule has 0 aliphatic carbocycles. The van der Waals surface area contributed by atoms with Crippen LogP contribution in [-0.4, -0.2) is 126 Å². The van der Waals surface area contributed by atoms with Gasteiger partial charge < -0.3 is 29.7 Å². The summed E-state index contributed by atoms with van der Waals surface area (Å²) in [6, 6.07) is 17.5. The Labute approximate surface area is 376 Å². The molecule has 0 spiro atoms. The van der Waals surface area contributed by atoms with E-state index in [-0.39, 0.29) is 17.7 Å². The van der Waals surface area contributed by atoms with Gasteiger partial charge in [0.2, 0.25) is 17.8 Å². The molecule has 330 valence electrons. The van der Waals surface area contributed by atoms with Gasteiger partial charge in [0.1, 0.15) is 24.2 Å². The van der Waals surface area contributed by atoms with Gasteiger partial charge in [-0.3, -0.25) is 34.7 Å². The van der Waals surface area contributed by atoms with E-state index in [1.165, 1.54) is 16.9 Å². The molecule has 4 fully saturated rings. The molecule has 3 aromatic carbocycles. The van der Waals surface area contributed by atoms with Gasteiger partial charge in [-0.15, -0.1) is 0 Å². The van der Waals surface area contributed by atoms with Crippen LogP contribution >= 0.6 is 23.1 Å². The van der Waals surface area contributed by atoms with Crippen molar-refractivity contribution in [2.75, 3.05) is 93.2 Å². The maximum absolute atomic E-state index is 13.5. The number of carbonyl (C=O) groups excluding carboxylic acids is 2. The lowest BCUT2D eigenvalue weighted by molar-refractivity contribution is -0.134. The average molecular weight is 937 g/mol. The molecule has 17 heteroatoms. The molecule has 4 aliphatic rings. The molecular formula is C46H55BrN11O4P. The summed E-state index contributed by atoms with van der Waals surface area (Å²) in [5, 5.41) is 9.90. The Bertz CT molecular complexity index is 2550. The van der Waals surface area contributed by atoms with Crippen molar-refractivity contribution in [3.8, 4) is 5.75 Å². The zero-order valence-electron chi connectivity index (χ0n) is 36.3. The van der Waals surface area contributed by atoms with E-state index < -0.39 is 7.14 Å². The highest BCUT2D eigenvalue weighted by atomic mass is 79.9. The van der Waals surface area contributed by atoms with Crippen molar-refractivity contribution < 1.29 is 18.9 Å². The van der Waals surface area contributed by atoms with E-state index in [4.69, 9.17) is 9.72 Å². The molecule has 2 amide bonds. The minimum Gasteiger partial charge on any atom is -0.494 e. The normalized spacial score (nSPS) is 19.5. The number of carbonyl (C=O) groups is 2. The van der Waals surface area contributed by atoms with Crippen LogP contribution in [0.2, 0.25) is 0 Å². The average Bonchev–Trinajstić information content (AvgIpc) is 3.27. The fourth-order valence-corrected chi connectivity index (χ4v) is 11.3. The Morgan fingerprint density at radius 3 is 2.24 bits per heavy atom. The van der Waals surface area contributed by atoms with E-state index in [9.17, 15) is 14.2 Å². The van der Waals surface area contributed by atoms with Gasteiger partial charge in [0.05, 0.1) is 39.7 Å². The summed E-state index contributed by atoms with van der Waals surface area (Å²) < 4.78 is 20.1. The van der Waals surface area contributed by atoms with Crippen LogP contribution in [0, 0.1) is 0 Å². The number of hydrogen-bond donors (Lipinski definition) is 3. The number of halogens is 1. The quantitative estimate of drug-likeness (QED) is 0.0921. The van der Waals surface area contributed by atoms with Crippen molar-refractivity contribution in [1.82, 2.24) is 35.1 Å². The second kappa shape index (κ2) is 18.1. The number of piperidine rings is 2. The second-order valence-corrected chi connectivity index (χ2v) is 21.4. The van der Waals surface area contributed by atoms with Crippen LogP contribution in [0.4, 0.5) is 34.5 Å². The largest absolute Gasteiger partial charge is 0.494 e. The summed E-state index contributed by atoms with van der Waals surface area (Å²) >= 11 is 3.60. The molecule has 0 bridgehead atoms. The third-order valence-corrected chi connectivity index (χ3v) is 15.2. The first-order valence-electron chi connectivity index (χ1n) is 21.9. The van der Waals surface area contributed by atoms with Gasteiger partial charge in [-0.25, -0.2) is 4.98 Å². The first-order valence-corrected chi connectivity index (χ1v) is 25.3. The Morgan fingerprint density at radius 2 is 1.56 bits per heavy atom. The summed E-state index contributed by atoms with van der Waals surface area (Å²) in [6.07, 6.45) is 9.01. The number of aryl methyl sites for hydroxylation is 1. The molecule has 3 N–H and O–H groups in total. The first kappa shape index (κ1) is 43.1. The van der Waals surface area contributed by atoms with Crippen molar-refractivity contribution in [3.63, 3.8) is 0 Å². The van der Waals surface area contributed by atoms with Gasteiger partial charge in [0.15, 0.2) is 0 Å². The maximum Gasteiger partial charge on any atom is 0.234 e. The van der Waals surface area contributed by atoms with Crippen molar-refractivity contribution in [3.05, 3.63) is 82.7 Å². The molecule has 9 rings (SSSR count). The molecule has 2 aromatic heterocycles. The number of anilines is 6. The highest BCUT2D eigenvalue weighted by molar-refractivity contribution is 9.10. The number of ether oxygens (including phenoxy) is 1. The van der Waals surface area contributed by atoms with Crippen LogP contribution in [0.25, 0.3) is 11.0 Å². The number of imide groups is 1. The summed E-state index contributed by atoms with van der Waals surface area (Å²) in [4.78, 5) is 52.5. The lowest BCUT2D eigenvalue weighted by atomic mass is 9.90. The van der Waals surface area contributed by atoms with E-state index in [1.54, 1.807) is 39.0 Å². The van der Waals surface area contributed by atoms with E-state index >= 15 is 0 Å². The van der Waals surface area contributed by atoms with Crippen LogP contribution in [-0.2, 0) is 20.6 Å². The number of benzene rings is 3. The zero-order valence-corrected chi connectivity index (χ0v) is 38.8. The Morgan fingerprint density at radius 1 is 0.841 bits per heavy atom. The summed E-state index contributed by atoms with van der Waals surface area (Å²) in [7, 11) is -1.07. The third-order valence-electron chi connectivity index (χ3n) is 13.1.